The van der Waals surface area contributed by atoms with Crippen LogP contribution in [0.3, 0.4) is 0 Å². The number of methoxy groups -OCH3 is 1. The third-order valence-corrected chi connectivity index (χ3v) is 5.31. The Bertz CT molecular complexity index is 516. The highest BCUT2D eigenvalue weighted by Gasteiger charge is 2.36. The highest BCUT2D eigenvalue weighted by molar-refractivity contribution is 5.96. The van der Waals surface area contributed by atoms with E-state index in [9.17, 15) is 4.79 Å². The van der Waals surface area contributed by atoms with Crippen LogP contribution in [0, 0.1) is 5.92 Å². The normalized spacial score (nSPS) is 27.8. The van der Waals surface area contributed by atoms with Crippen molar-refractivity contribution in [2.45, 2.75) is 38.1 Å². The summed E-state index contributed by atoms with van der Waals surface area (Å²) in [6, 6.07) is 8.18. The smallest absolute Gasteiger partial charge is 0.255 e. The lowest BCUT2D eigenvalue weighted by molar-refractivity contribution is -0.939. The van der Waals surface area contributed by atoms with Crippen LogP contribution in [0.2, 0.25) is 0 Å². The molecule has 2 aliphatic heterocycles. The number of ether oxygens (including phenoxy) is 1. The van der Waals surface area contributed by atoms with Crippen LogP contribution in [0.25, 0.3) is 0 Å². The Hall–Kier alpha value is -1.55. The number of rotatable bonds is 4. The lowest BCUT2D eigenvalue weighted by Gasteiger charge is -2.41. The molecule has 1 aromatic carbocycles. The van der Waals surface area contributed by atoms with Crippen molar-refractivity contribution in [2.24, 2.45) is 5.92 Å². The van der Waals surface area contributed by atoms with E-state index in [0.29, 0.717) is 17.2 Å². The molecule has 0 aromatic heterocycles. The van der Waals surface area contributed by atoms with Gasteiger partial charge >= 0.3 is 0 Å². The SMILES string of the molecule is COc1ccccc1C(=O)NC[C@H]1CCC[NH+]2CCCC[C@@H]12. The third kappa shape index (κ3) is 3.27. The maximum atomic E-state index is 12.4. The second kappa shape index (κ2) is 7.14. The van der Waals surface area contributed by atoms with Crippen LogP contribution < -0.4 is 15.0 Å². The predicted octanol–water partition coefficient (Wildman–Crippen LogP) is 1.27. The molecule has 0 spiro atoms. The molecule has 3 atom stereocenters. The molecule has 120 valence electrons. The van der Waals surface area contributed by atoms with Crippen molar-refractivity contribution in [1.82, 2.24) is 5.32 Å². The molecule has 2 heterocycles. The first kappa shape index (κ1) is 15.3. The largest absolute Gasteiger partial charge is 0.496 e. The minimum absolute atomic E-state index is 0.0135. The Balaban J connectivity index is 1.60. The van der Waals surface area contributed by atoms with E-state index in [2.05, 4.69) is 5.32 Å². The van der Waals surface area contributed by atoms with Crippen LogP contribution in [0.15, 0.2) is 24.3 Å². The topological polar surface area (TPSA) is 42.8 Å². The van der Waals surface area contributed by atoms with Crippen molar-refractivity contribution in [3.63, 3.8) is 0 Å². The Morgan fingerprint density at radius 2 is 2.05 bits per heavy atom. The summed E-state index contributed by atoms with van der Waals surface area (Å²) in [6.07, 6.45) is 6.59. The molecule has 4 heteroatoms. The first-order chi connectivity index (χ1) is 10.8. The maximum Gasteiger partial charge on any atom is 0.255 e. The van der Waals surface area contributed by atoms with Crippen molar-refractivity contribution in [1.29, 1.82) is 0 Å². The van der Waals surface area contributed by atoms with Gasteiger partial charge in [-0.25, -0.2) is 0 Å². The van der Waals surface area contributed by atoms with Gasteiger partial charge in [0.25, 0.3) is 5.91 Å². The fourth-order valence-electron chi connectivity index (χ4n) is 4.17. The summed E-state index contributed by atoms with van der Waals surface area (Å²) in [6.45, 7) is 3.44. The minimum Gasteiger partial charge on any atom is -0.496 e. The van der Waals surface area contributed by atoms with E-state index in [1.54, 1.807) is 12.0 Å². The Morgan fingerprint density at radius 3 is 2.91 bits per heavy atom. The highest BCUT2D eigenvalue weighted by Crippen LogP contribution is 2.21. The lowest BCUT2D eigenvalue weighted by Crippen LogP contribution is -3.18. The Morgan fingerprint density at radius 1 is 1.23 bits per heavy atom. The third-order valence-electron chi connectivity index (χ3n) is 5.31. The molecule has 0 bridgehead atoms. The number of nitrogens with one attached hydrogen (secondary N) is 2. The van der Waals surface area contributed by atoms with Crippen LogP contribution in [-0.4, -0.2) is 38.7 Å². The number of hydrogen-bond acceptors (Lipinski definition) is 2. The molecule has 4 nitrogen and oxygen atoms in total. The first-order valence-electron chi connectivity index (χ1n) is 8.55. The fraction of sp³-hybridized carbons (Fsp3) is 0.611. The van der Waals surface area contributed by atoms with E-state index in [4.69, 9.17) is 4.74 Å². The van der Waals surface area contributed by atoms with Crippen LogP contribution in [0.5, 0.6) is 5.75 Å². The van der Waals surface area contributed by atoms with Gasteiger partial charge in [-0.1, -0.05) is 12.1 Å². The van der Waals surface area contributed by atoms with Gasteiger partial charge in [0.15, 0.2) is 0 Å². The van der Waals surface area contributed by atoms with Crippen molar-refractivity contribution < 1.29 is 14.4 Å². The van der Waals surface area contributed by atoms with E-state index >= 15 is 0 Å². The summed E-state index contributed by atoms with van der Waals surface area (Å²) in [5.41, 5.74) is 0.633. The molecule has 1 aromatic rings. The highest BCUT2D eigenvalue weighted by atomic mass is 16.5. The molecule has 2 fully saturated rings. The zero-order valence-corrected chi connectivity index (χ0v) is 13.4. The average molecular weight is 303 g/mol. The number of fused-ring (bicyclic) bond motifs is 1. The number of benzene rings is 1. The zero-order valence-electron chi connectivity index (χ0n) is 13.4. The van der Waals surface area contributed by atoms with Gasteiger partial charge in [0, 0.05) is 12.5 Å². The molecule has 3 rings (SSSR count). The van der Waals surface area contributed by atoms with E-state index in [-0.39, 0.29) is 5.91 Å². The van der Waals surface area contributed by atoms with Crippen molar-refractivity contribution in [2.75, 3.05) is 26.7 Å². The van der Waals surface area contributed by atoms with Crippen molar-refractivity contribution in [3.05, 3.63) is 29.8 Å². The first-order valence-corrected chi connectivity index (χ1v) is 8.55. The van der Waals surface area contributed by atoms with Gasteiger partial charge in [0.05, 0.1) is 31.8 Å². The monoisotopic (exact) mass is 303 g/mol. The van der Waals surface area contributed by atoms with E-state index in [0.717, 1.165) is 12.6 Å². The zero-order chi connectivity index (χ0) is 15.4. The lowest BCUT2D eigenvalue weighted by atomic mass is 9.83. The fourth-order valence-corrected chi connectivity index (χ4v) is 4.17. The molecule has 1 amide bonds. The summed E-state index contributed by atoms with van der Waals surface area (Å²) in [5, 5.41) is 3.14. The predicted molar refractivity (Wildman–Crippen MR) is 86.4 cm³/mol. The second-order valence-corrected chi connectivity index (χ2v) is 6.57. The summed E-state index contributed by atoms with van der Waals surface area (Å²) >= 11 is 0. The molecule has 2 saturated heterocycles. The van der Waals surface area contributed by atoms with Gasteiger partial charge in [0.1, 0.15) is 5.75 Å². The summed E-state index contributed by atoms with van der Waals surface area (Å²) in [4.78, 5) is 14.2. The molecule has 2 aliphatic rings. The number of piperidine rings is 2. The van der Waals surface area contributed by atoms with Gasteiger partial charge in [-0.15, -0.1) is 0 Å². The molecular weight excluding hydrogens is 276 g/mol. The van der Waals surface area contributed by atoms with E-state index in [1.807, 2.05) is 24.3 Å². The van der Waals surface area contributed by atoms with E-state index in [1.165, 1.54) is 45.2 Å². The van der Waals surface area contributed by atoms with Gasteiger partial charge in [-0.2, -0.15) is 0 Å². The Labute approximate surface area is 132 Å². The van der Waals surface area contributed by atoms with Gasteiger partial charge in [0.2, 0.25) is 0 Å². The van der Waals surface area contributed by atoms with E-state index < -0.39 is 0 Å². The number of quaternary nitrogens is 1. The molecule has 0 saturated carbocycles. The van der Waals surface area contributed by atoms with Gasteiger partial charge in [-0.05, 0) is 44.2 Å². The van der Waals surface area contributed by atoms with Crippen molar-refractivity contribution >= 4 is 5.91 Å². The van der Waals surface area contributed by atoms with Gasteiger partial charge < -0.3 is 15.0 Å². The Kier molecular flexibility index (Phi) is 4.98. The number of carbonyl (C=O) groups excluding carboxylic acids is 1. The number of hydrogen-bond donors (Lipinski definition) is 2. The van der Waals surface area contributed by atoms with Gasteiger partial charge in [-0.3, -0.25) is 4.79 Å². The molecule has 0 radical (unpaired) electrons. The minimum atomic E-state index is -0.0135. The van der Waals surface area contributed by atoms with Crippen LogP contribution >= 0.6 is 0 Å². The summed E-state index contributed by atoms with van der Waals surface area (Å²) in [5.74, 6) is 1.26. The van der Waals surface area contributed by atoms with Crippen LogP contribution in [0.4, 0.5) is 0 Å². The number of para-hydroxylation sites is 1. The summed E-state index contributed by atoms with van der Waals surface area (Å²) < 4.78 is 5.28. The summed E-state index contributed by atoms with van der Waals surface area (Å²) in [7, 11) is 1.61. The average Bonchev–Trinajstić information content (AvgIpc) is 2.59. The van der Waals surface area contributed by atoms with Crippen molar-refractivity contribution in [3.8, 4) is 5.75 Å². The second-order valence-electron chi connectivity index (χ2n) is 6.57. The van der Waals surface area contributed by atoms with Crippen LogP contribution in [-0.2, 0) is 0 Å². The number of carbonyl (C=O) groups is 1. The maximum absolute atomic E-state index is 12.4. The standard InChI is InChI=1S/C18H26N2O2/c1-22-17-10-3-2-8-15(17)18(21)19-13-14-7-6-12-20-11-5-4-9-16(14)20/h2-3,8,10,14,16H,4-7,9,11-13H2,1H3,(H,19,21)/p+1/t14-,16+/m1/s1. The number of amides is 1. The quantitative estimate of drug-likeness (QED) is 0.880. The molecular formula is C18H27N2O2+. The molecule has 0 aliphatic carbocycles. The van der Waals surface area contributed by atoms with Crippen LogP contribution in [0.1, 0.15) is 42.5 Å². The molecule has 2 N–H and O–H groups in total. The molecule has 1 unspecified atom stereocenters. The molecule has 22 heavy (non-hydrogen) atoms.